The molecule has 19 heavy (non-hydrogen) atoms. The highest BCUT2D eigenvalue weighted by atomic mass is 79.9. The minimum Gasteiger partial charge on any atom is -0.345 e. The molecule has 0 aliphatic heterocycles. The summed E-state index contributed by atoms with van der Waals surface area (Å²) in [5.41, 5.74) is 2.76. The lowest BCUT2D eigenvalue weighted by Crippen LogP contribution is -2.26. The molecule has 0 fully saturated rings. The van der Waals surface area contributed by atoms with Gasteiger partial charge in [0.2, 0.25) is 0 Å². The van der Waals surface area contributed by atoms with Gasteiger partial charge in [0.25, 0.3) is 5.91 Å². The van der Waals surface area contributed by atoms with Gasteiger partial charge in [0.15, 0.2) is 5.82 Å². The monoisotopic (exact) mass is 324 g/mol. The summed E-state index contributed by atoms with van der Waals surface area (Å²) in [6.07, 6.45) is 5.05. The number of rotatable bonds is 4. The summed E-state index contributed by atoms with van der Waals surface area (Å²) in [6.45, 7) is 0.332. The van der Waals surface area contributed by atoms with Gasteiger partial charge in [0.05, 0.1) is 12.1 Å². The van der Waals surface area contributed by atoms with E-state index in [9.17, 15) is 4.79 Å². The van der Waals surface area contributed by atoms with Crippen LogP contribution in [-0.4, -0.2) is 20.4 Å². The predicted molar refractivity (Wildman–Crippen MR) is 74.1 cm³/mol. The molecule has 2 heterocycles. The third kappa shape index (κ3) is 3.09. The molecular formula is C11H13BrN6O. The van der Waals surface area contributed by atoms with Crippen molar-refractivity contribution >= 4 is 27.7 Å². The number of halogens is 1. The normalized spacial score (nSPS) is 10.3. The molecule has 2 rings (SSSR count). The number of hydrogen-bond acceptors (Lipinski definition) is 5. The highest BCUT2D eigenvalue weighted by molar-refractivity contribution is 9.10. The van der Waals surface area contributed by atoms with Gasteiger partial charge < -0.3 is 15.3 Å². The quantitative estimate of drug-likeness (QED) is 0.570. The van der Waals surface area contributed by atoms with Crippen LogP contribution in [0, 0.1) is 0 Å². The number of nitrogens with two attached hydrogens (primary N) is 1. The van der Waals surface area contributed by atoms with Crippen molar-refractivity contribution in [2.75, 3.05) is 5.43 Å². The molecule has 0 saturated carbocycles. The molecule has 0 aliphatic rings. The van der Waals surface area contributed by atoms with Crippen molar-refractivity contribution in [2.24, 2.45) is 12.9 Å². The number of anilines is 1. The van der Waals surface area contributed by atoms with E-state index in [1.54, 1.807) is 18.5 Å². The topological polar surface area (TPSA) is 97.9 Å². The molecule has 0 spiro atoms. The van der Waals surface area contributed by atoms with E-state index in [-0.39, 0.29) is 5.91 Å². The summed E-state index contributed by atoms with van der Waals surface area (Å²) in [4.78, 5) is 20.2. The summed E-state index contributed by atoms with van der Waals surface area (Å²) in [7, 11) is 1.86. The van der Waals surface area contributed by atoms with Gasteiger partial charge in [-0.25, -0.2) is 15.8 Å². The minimum atomic E-state index is -0.273. The van der Waals surface area contributed by atoms with E-state index in [2.05, 4.69) is 36.6 Å². The summed E-state index contributed by atoms with van der Waals surface area (Å²) < 4.78 is 2.54. The molecule has 2 aromatic rings. The first-order valence-electron chi connectivity index (χ1n) is 5.48. The summed E-state index contributed by atoms with van der Waals surface area (Å²) in [6, 6.07) is 1.65. The maximum Gasteiger partial charge on any atom is 0.255 e. The molecule has 7 nitrogen and oxygen atoms in total. The predicted octanol–water partition coefficient (Wildman–Crippen LogP) is 0.793. The Kier molecular flexibility index (Phi) is 4.13. The van der Waals surface area contributed by atoms with Crippen molar-refractivity contribution in [3.05, 3.63) is 40.5 Å². The molecule has 100 valence electrons. The van der Waals surface area contributed by atoms with Crippen LogP contribution in [0.25, 0.3) is 0 Å². The first-order valence-corrected chi connectivity index (χ1v) is 6.27. The largest absolute Gasteiger partial charge is 0.345 e. The number of imidazole rings is 1. The van der Waals surface area contributed by atoms with Crippen molar-refractivity contribution in [3.8, 4) is 0 Å². The van der Waals surface area contributed by atoms with Crippen LogP contribution >= 0.6 is 15.9 Å². The lowest BCUT2D eigenvalue weighted by Gasteiger charge is -2.09. The average molecular weight is 325 g/mol. The van der Waals surface area contributed by atoms with Gasteiger partial charge in [0, 0.05) is 30.1 Å². The van der Waals surface area contributed by atoms with Crippen LogP contribution in [0.15, 0.2) is 29.1 Å². The Hall–Kier alpha value is -1.93. The van der Waals surface area contributed by atoms with E-state index in [0.29, 0.717) is 22.4 Å². The fraction of sp³-hybridized carbons (Fsp3) is 0.182. The Morgan fingerprint density at radius 1 is 1.53 bits per heavy atom. The van der Waals surface area contributed by atoms with Gasteiger partial charge in [0.1, 0.15) is 5.82 Å². The van der Waals surface area contributed by atoms with E-state index >= 15 is 0 Å². The number of hydrazine groups is 1. The Bertz CT molecular complexity index is 597. The number of aryl methyl sites for hydroxylation is 1. The average Bonchev–Trinajstić information content (AvgIpc) is 2.81. The second-order valence-corrected chi connectivity index (χ2v) is 4.75. The number of nitrogens with zero attached hydrogens (tertiary/aromatic N) is 3. The van der Waals surface area contributed by atoms with Crippen LogP contribution < -0.4 is 16.6 Å². The van der Waals surface area contributed by atoms with E-state index in [4.69, 9.17) is 5.84 Å². The van der Waals surface area contributed by atoms with Crippen LogP contribution in [-0.2, 0) is 13.6 Å². The second kappa shape index (κ2) is 5.81. The molecule has 1 amide bonds. The lowest BCUT2D eigenvalue weighted by atomic mass is 10.2. The number of aromatic nitrogens is 3. The molecule has 0 atom stereocenters. The zero-order valence-corrected chi connectivity index (χ0v) is 11.8. The number of nitrogens with one attached hydrogen (secondary N) is 2. The Balaban J connectivity index is 2.12. The van der Waals surface area contributed by atoms with E-state index < -0.39 is 0 Å². The van der Waals surface area contributed by atoms with Gasteiger partial charge in [-0.1, -0.05) is 0 Å². The summed E-state index contributed by atoms with van der Waals surface area (Å²) >= 11 is 3.27. The van der Waals surface area contributed by atoms with Gasteiger partial charge in [-0.15, -0.1) is 0 Å². The SMILES string of the molecule is Cn1ccnc1CNC(=O)c1cc(Br)cnc1NN. The summed E-state index contributed by atoms with van der Waals surface area (Å²) in [5.74, 6) is 6.14. The highest BCUT2D eigenvalue weighted by Crippen LogP contribution is 2.17. The van der Waals surface area contributed by atoms with E-state index in [0.717, 1.165) is 5.82 Å². The maximum atomic E-state index is 12.1. The first kappa shape index (κ1) is 13.5. The van der Waals surface area contributed by atoms with Crippen molar-refractivity contribution in [2.45, 2.75) is 6.54 Å². The standard InChI is InChI=1S/C11H13BrN6O/c1-18-3-2-14-9(18)6-16-11(19)8-4-7(12)5-15-10(8)17-13/h2-5H,6,13H2,1H3,(H,15,17)(H,16,19). The third-order valence-corrected chi connectivity index (χ3v) is 3.00. The first-order chi connectivity index (χ1) is 9.11. The van der Waals surface area contributed by atoms with Gasteiger partial charge >= 0.3 is 0 Å². The number of pyridine rings is 1. The molecule has 4 N–H and O–H groups in total. The van der Waals surface area contributed by atoms with E-state index in [1.165, 1.54) is 0 Å². The number of hydrogen-bond donors (Lipinski definition) is 3. The molecule has 0 aliphatic carbocycles. The Labute approximate surface area is 118 Å². The number of nitrogen functional groups attached to an aromatic ring is 1. The molecule has 0 radical (unpaired) electrons. The molecule has 8 heteroatoms. The van der Waals surface area contributed by atoms with Crippen LogP contribution in [0.3, 0.4) is 0 Å². The van der Waals surface area contributed by atoms with E-state index in [1.807, 2.05) is 17.8 Å². The number of carbonyl (C=O) groups excluding carboxylic acids is 1. The molecule has 2 aromatic heterocycles. The summed E-state index contributed by atoms with van der Waals surface area (Å²) in [5, 5.41) is 2.77. The Morgan fingerprint density at radius 3 is 2.95 bits per heavy atom. The molecule has 0 aromatic carbocycles. The van der Waals surface area contributed by atoms with Crippen LogP contribution in [0.2, 0.25) is 0 Å². The Morgan fingerprint density at radius 2 is 2.32 bits per heavy atom. The van der Waals surface area contributed by atoms with Crippen molar-refractivity contribution in [1.29, 1.82) is 0 Å². The van der Waals surface area contributed by atoms with Crippen LogP contribution in [0.4, 0.5) is 5.82 Å². The molecule has 0 saturated heterocycles. The highest BCUT2D eigenvalue weighted by Gasteiger charge is 2.13. The zero-order chi connectivity index (χ0) is 13.8. The van der Waals surface area contributed by atoms with Crippen LogP contribution in [0.5, 0.6) is 0 Å². The van der Waals surface area contributed by atoms with Crippen molar-refractivity contribution < 1.29 is 4.79 Å². The fourth-order valence-electron chi connectivity index (χ4n) is 1.55. The molecule has 0 unspecified atom stereocenters. The van der Waals surface area contributed by atoms with Crippen LogP contribution in [0.1, 0.15) is 16.2 Å². The van der Waals surface area contributed by atoms with Gasteiger partial charge in [-0.3, -0.25) is 4.79 Å². The number of amides is 1. The van der Waals surface area contributed by atoms with Gasteiger partial charge in [-0.2, -0.15) is 0 Å². The molecule has 0 bridgehead atoms. The smallest absolute Gasteiger partial charge is 0.255 e. The number of carbonyl (C=O) groups is 1. The second-order valence-electron chi connectivity index (χ2n) is 3.83. The third-order valence-electron chi connectivity index (χ3n) is 2.56. The fourth-order valence-corrected chi connectivity index (χ4v) is 1.88. The van der Waals surface area contributed by atoms with Crippen molar-refractivity contribution in [1.82, 2.24) is 19.9 Å². The maximum absolute atomic E-state index is 12.1. The zero-order valence-electron chi connectivity index (χ0n) is 10.2. The van der Waals surface area contributed by atoms with Gasteiger partial charge in [-0.05, 0) is 22.0 Å². The molecular weight excluding hydrogens is 312 g/mol. The lowest BCUT2D eigenvalue weighted by molar-refractivity contribution is 0.0950. The minimum absolute atomic E-state index is 0.273. The van der Waals surface area contributed by atoms with Crippen molar-refractivity contribution in [3.63, 3.8) is 0 Å².